The molecule has 2 rings (SSSR count). The summed E-state index contributed by atoms with van der Waals surface area (Å²) in [6, 6.07) is 1.76. The van der Waals surface area contributed by atoms with Gasteiger partial charge in [-0.25, -0.2) is 0 Å². The molecular weight excluding hydrogens is 224 g/mol. The molecule has 1 aliphatic rings. The number of Topliss-reactive ketones (excluding diaryl/α,β-unsaturated/α-hetero) is 1. The normalized spacial score (nSPS) is 19.7. The number of pyridine rings is 1. The lowest BCUT2D eigenvalue weighted by Crippen LogP contribution is -2.27. The summed E-state index contributed by atoms with van der Waals surface area (Å²) >= 11 is 0. The Bertz CT molecular complexity index is 430. The van der Waals surface area contributed by atoms with E-state index in [9.17, 15) is 4.79 Å². The van der Waals surface area contributed by atoms with E-state index >= 15 is 0 Å². The van der Waals surface area contributed by atoms with Crippen molar-refractivity contribution in [1.29, 1.82) is 0 Å². The van der Waals surface area contributed by atoms with Crippen LogP contribution in [0.15, 0.2) is 18.5 Å². The van der Waals surface area contributed by atoms with E-state index in [4.69, 9.17) is 5.73 Å². The Labute approximate surface area is 109 Å². The van der Waals surface area contributed by atoms with Crippen LogP contribution in [0.5, 0.6) is 0 Å². The van der Waals surface area contributed by atoms with Gasteiger partial charge in [0, 0.05) is 36.0 Å². The van der Waals surface area contributed by atoms with Crippen molar-refractivity contribution >= 4 is 11.5 Å². The maximum Gasteiger partial charge on any atom is 0.140 e. The quantitative estimate of drug-likeness (QED) is 0.892. The highest BCUT2D eigenvalue weighted by molar-refractivity contribution is 5.84. The summed E-state index contributed by atoms with van der Waals surface area (Å²) in [6.45, 7) is 4.57. The van der Waals surface area contributed by atoms with Gasteiger partial charge < -0.3 is 5.73 Å². The molecule has 0 amide bonds. The third-order valence-electron chi connectivity index (χ3n) is 4.10. The van der Waals surface area contributed by atoms with Crippen LogP contribution in [0.1, 0.15) is 45.1 Å². The van der Waals surface area contributed by atoms with E-state index in [1.54, 1.807) is 18.5 Å². The van der Waals surface area contributed by atoms with Crippen LogP contribution in [-0.4, -0.2) is 10.8 Å². The molecule has 0 saturated heterocycles. The summed E-state index contributed by atoms with van der Waals surface area (Å²) in [5, 5.41) is 0. The monoisotopic (exact) mass is 246 g/mol. The van der Waals surface area contributed by atoms with Crippen molar-refractivity contribution in [2.45, 2.75) is 46.0 Å². The van der Waals surface area contributed by atoms with Crippen LogP contribution < -0.4 is 5.73 Å². The van der Waals surface area contributed by atoms with Crippen LogP contribution >= 0.6 is 0 Å². The first kappa shape index (κ1) is 13.1. The molecule has 1 heterocycles. The van der Waals surface area contributed by atoms with Crippen LogP contribution in [0.4, 0.5) is 5.69 Å². The van der Waals surface area contributed by atoms with Crippen LogP contribution in [0.25, 0.3) is 0 Å². The van der Waals surface area contributed by atoms with Gasteiger partial charge in [-0.3, -0.25) is 9.78 Å². The number of aromatic nitrogens is 1. The minimum atomic E-state index is 0.220. The van der Waals surface area contributed by atoms with E-state index in [0.29, 0.717) is 23.3 Å². The molecule has 1 fully saturated rings. The number of nitrogen functional groups attached to an aromatic ring is 1. The zero-order chi connectivity index (χ0) is 13.2. The Hall–Kier alpha value is -1.38. The minimum Gasteiger partial charge on any atom is -0.398 e. The fourth-order valence-corrected chi connectivity index (χ4v) is 2.64. The smallest absolute Gasteiger partial charge is 0.140 e. The lowest BCUT2D eigenvalue weighted by atomic mass is 9.71. The number of carbonyl (C=O) groups excluding carboxylic acids is 1. The van der Waals surface area contributed by atoms with Crippen LogP contribution in [0, 0.1) is 11.3 Å². The molecule has 1 saturated carbocycles. The molecule has 1 aromatic heterocycles. The van der Waals surface area contributed by atoms with E-state index in [1.807, 2.05) is 0 Å². The number of carbonyl (C=O) groups is 1. The molecule has 2 N–H and O–H groups in total. The molecule has 1 aliphatic carbocycles. The Balaban J connectivity index is 1.95. The topological polar surface area (TPSA) is 56.0 Å². The number of ketones is 1. The largest absolute Gasteiger partial charge is 0.398 e. The van der Waals surface area contributed by atoms with Gasteiger partial charge in [0.2, 0.25) is 0 Å². The number of hydrogen-bond donors (Lipinski definition) is 1. The van der Waals surface area contributed by atoms with E-state index in [1.165, 1.54) is 0 Å². The predicted molar refractivity (Wildman–Crippen MR) is 73.1 cm³/mol. The predicted octanol–water partition coefficient (Wildman–Crippen LogP) is 2.99. The number of hydrogen-bond acceptors (Lipinski definition) is 3. The molecule has 1 aromatic rings. The van der Waals surface area contributed by atoms with Crippen molar-refractivity contribution < 1.29 is 4.79 Å². The number of nitrogens with zero attached hydrogens (tertiary/aromatic N) is 1. The zero-order valence-electron chi connectivity index (χ0n) is 11.3. The molecule has 0 bridgehead atoms. The molecule has 0 radical (unpaired) electrons. The second kappa shape index (κ2) is 5.09. The van der Waals surface area contributed by atoms with Gasteiger partial charge in [0.15, 0.2) is 0 Å². The van der Waals surface area contributed by atoms with E-state index in [0.717, 1.165) is 31.2 Å². The maximum absolute atomic E-state index is 12.2. The molecule has 0 aromatic carbocycles. The van der Waals surface area contributed by atoms with Gasteiger partial charge >= 0.3 is 0 Å². The van der Waals surface area contributed by atoms with Crippen molar-refractivity contribution in [3.05, 3.63) is 24.0 Å². The molecule has 98 valence electrons. The highest BCUT2D eigenvalue weighted by Gasteiger charge is 2.30. The first-order valence-electron chi connectivity index (χ1n) is 6.69. The molecule has 0 atom stereocenters. The molecular formula is C15H22N2O. The second-order valence-electron chi connectivity index (χ2n) is 6.16. The maximum atomic E-state index is 12.2. The summed E-state index contributed by atoms with van der Waals surface area (Å²) in [5.41, 5.74) is 7.80. The highest BCUT2D eigenvalue weighted by atomic mass is 16.1. The zero-order valence-corrected chi connectivity index (χ0v) is 11.3. The van der Waals surface area contributed by atoms with Crippen LogP contribution in [0.2, 0.25) is 0 Å². The average Bonchev–Trinajstić information content (AvgIpc) is 2.32. The first-order valence-corrected chi connectivity index (χ1v) is 6.69. The molecule has 18 heavy (non-hydrogen) atoms. The molecule has 0 spiro atoms. The van der Waals surface area contributed by atoms with Gasteiger partial charge in [-0.2, -0.15) is 0 Å². The van der Waals surface area contributed by atoms with Crippen LogP contribution in [-0.2, 0) is 11.2 Å². The van der Waals surface area contributed by atoms with Crippen molar-refractivity contribution in [2.75, 3.05) is 5.73 Å². The van der Waals surface area contributed by atoms with Crippen molar-refractivity contribution in [1.82, 2.24) is 4.98 Å². The first-order chi connectivity index (χ1) is 8.48. The molecule has 0 aliphatic heterocycles. The fraction of sp³-hybridized carbons (Fsp3) is 0.600. The number of anilines is 1. The van der Waals surface area contributed by atoms with Gasteiger partial charge in [-0.15, -0.1) is 0 Å². The third-order valence-corrected chi connectivity index (χ3v) is 4.10. The van der Waals surface area contributed by atoms with Gasteiger partial charge in [0.25, 0.3) is 0 Å². The summed E-state index contributed by atoms with van der Waals surface area (Å²) in [5.74, 6) is 0.544. The van der Waals surface area contributed by atoms with E-state index in [-0.39, 0.29) is 5.92 Å². The Kier molecular flexibility index (Phi) is 3.69. The minimum absolute atomic E-state index is 0.220. The Morgan fingerprint density at radius 2 is 2.11 bits per heavy atom. The fourth-order valence-electron chi connectivity index (χ4n) is 2.64. The second-order valence-corrected chi connectivity index (χ2v) is 6.16. The lowest BCUT2D eigenvalue weighted by molar-refractivity contribution is -0.123. The molecule has 3 nitrogen and oxygen atoms in total. The molecule has 0 unspecified atom stereocenters. The Morgan fingerprint density at radius 3 is 2.72 bits per heavy atom. The summed E-state index contributed by atoms with van der Waals surface area (Å²) < 4.78 is 0. The average molecular weight is 246 g/mol. The van der Waals surface area contributed by atoms with Crippen molar-refractivity contribution in [3.63, 3.8) is 0 Å². The van der Waals surface area contributed by atoms with E-state index in [2.05, 4.69) is 18.8 Å². The lowest BCUT2D eigenvalue weighted by Gasteiger charge is -2.33. The van der Waals surface area contributed by atoms with E-state index < -0.39 is 0 Å². The standard InChI is InChI=1S/C15H22N2O/c1-15(2)6-3-11(4-7-15)14(18)9-12-10-17-8-5-13(12)16/h5,8,10-11H,3-4,6-7,9H2,1-2H3,(H2,16,17). The van der Waals surface area contributed by atoms with Gasteiger partial charge in [0.05, 0.1) is 0 Å². The number of nitrogens with two attached hydrogens (primary N) is 1. The van der Waals surface area contributed by atoms with Crippen molar-refractivity contribution in [2.24, 2.45) is 11.3 Å². The Morgan fingerprint density at radius 1 is 1.44 bits per heavy atom. The summed E-state index contributed by atoms with van der Waals surface area (Å²) in [4.78, 5) is 16.3. The summed E-state index contributed by atoms with van der Waals surface area (Å²) in [6.07, 6.45) is 8.13. The highest BCUT2D eigenvalue weighted by Crippen LogP contribution is 2.38. The van der Waals surface area contributed by atoms with Crippen LogP contribution in [0.3, 0.4) is 0 Å². The van der Waals surface area contributed by atoms with Gasteiger partial charge in [0.1, 0.15) is 5.78 Å². The van der Waals surface area contributed by atoms with Crippen molar-refractivity contribution in [3.8, 4) is 0 Å². The van der Waals surface area contributed by atoms with Gasteiger partial charge in [-0.05, 0) is 37.2 Å². The summed E-state index contributed by atoms with van der Waals surface area (Å²) in [7, 11) is 0. The van der Waals surface area contributed by atoms with Gasteiger partial charge in [-0.1, -0.05) is 13.8 Å². The number of rotatable bonds is 3. The SMILES string of the molecule is CC1(C)CCC(C(=O)Cc2cnccc2N)CC1. The molecule has 3 heteroatoms. The third kappa shape index (κ3) is 3.09.